The normalized spacial score (nSPS) is 34.1. The predicted octanol–water partition coefficient (Wildman–Crippen LogP) is 5.21. The maximum Gasteiger partial charge on any atom is 0.0283 e. The zero-order chi connectivity index (χ0) is 12.4. The quantitative estimate of drug-likeness (QED) is 0.527. The molecule has 2 aliphatic rings. The summed E-state index contributed by atoms with van der Waals surface area (Å²) in [6.07, 6.45) is 7.07. The van der Waals surface area contributed by atoms with Gasteiger partial charge in [0, 0.05) is 10.8 Å². The van der Waals surface area contributed by atoms with Crippen LogP contribution >= 0.6 is 23.4 Å². The van der Waals surface area contributed by atoms with E-state index in [4.69, 9.17) is 11.6 Å². The summed E-state index contributed by atoms with van der Waals surface area (Å²) in [7, 11) is 0. The van der Waals surface area contributed by atoms with Crippen LogP contribution in [0, 0.1) is 17.3 Å². The minimum absolute atomic E-state index is 0.478. The van der Waals surface area contributed by atoms with Gasteiger partial charge in [-0.3, -0.25) is 0 Å². The van der Waals surface area contributed by atoms with E-state index in [1.807, 2.05) is 11.8 Å². The first-order valence-electron chi connectivity index (χ1n) is 7.06. The average molecular weight is 281 g/mol. The molecule has 0 aliphatic heterocycles. The van der Waals surface area contributed by atoms with E-state index >= 15 is 0 Å². The summed E-state index contributed by atoms with van der Waals surface area (Å²) in [6.45, 7) is 0. The van der Waals surface area contributed by atoms with Crippen LogP contribution in [0.2, 0.25) is 0 Å². The Balaban J connectivity index is 1.56. The molecule has 0 heterocycles. The first-order chi connectivity index (χ1) is 8.82. The molecule has 0 spiro atoms. The minimum atomic E-state index is 0.478. The Morgan fingerprint density at radius 2 is 2.06 bits per heavy atom. The Labute approximate surface area is 119 Å². The number of thioether (sulfide) groups is 1. The van der Waals surface area contributed by atoms with Crippen LogP contribution in [0.25, 0.3) is 0 Å². The number of alkyl halides is 1. The molecule has 0 saturated heterocycles. The van der Waals surface area contributed by atoms with Gasteiger partial charge in [0.05, 0.1) is 0 Å². The highest BCUT2D eigenvalue weighted by atomic mass is 35.5. The van der Waals surface area contributed by atoms with Gasteiger partial charge in [0.15, 0.2) is 0 Å². The van der Waals surface area contributed by atoms with E-state index in [0.717, 1.165) is 17.7 Å². The summed E-state index contributed by atoms with van der Waals surface area (Å²) in [5, 5.41) is 0. The molecule has 2 bridgehead atoms. The molecule has 2 saturated carbocycles. The highest BCUT2D eigenvalue weighted by molar-refractivity contribution is 7.99. The van der Waals surface area contributed by atoms with Gasteiger partial charge in [-0.1, -0.05) is 24.6 Å². The number of hydrogen-bond acceptors (Lipinski definition) is 1. The fourth-order valence-electron chi connectivity index (χ4n) is 3.98. The van der Waals surface area contributed by atoms with Crippen molar-refractivity contribution in [2.24, 2.45) is 17.3 Å². The molecular formula is C16H21ClS. The lowest BCUT2D eigenvalue weighted by atomic mass is 9.73. The molecule has 18 heavy (non-hydrogen) atoms. The summed E-state index contributed by atoms with van der Waals surface area (Å²) < 4.78 is 0. The molecule has 2 aliphatic carbocycles. The predicted molar refractivity (Wildman–Crippen MR) is 80.4 cm³/mol. The molecule has 1 aromatic carbocycles. The van der Waals surface area contributed by atoms with E-state index in [1.54, 1.807) is 0 Å². The van der Waals surface area contributed by atoms with Crippen LogP contribution in [0.5, 0.6) is 0 Å². The van der Waals surface area contributed by atoms with Gasteiger partial charge >= 0.3 is 0 Å². The topological polar surface area (TPSA) is 0 Å². The molecule has 0 radical (unpaired) electrons. The Morgan fingerprint density at radius 3 is 2.67 bits per heavy atom. The van der Waals surface area contributed by atoms with E-state index in [2.05, 4.69) is 30.3 Å². The Kier molecular flexibility index (Phi) is 3.91. The van der Waals surface area contributed by atoms with Crippen LogP contribution in [0.1, 0.15) is 32.1 Å². The molecule has 0 amide bonds. The molecule has 0 N–H and O–H groups in total. The number of benzene rings is 1. The minimum Gasteiger partial charge on any atom is -0.126 e. The van der Waals surface area contributed by atoms with E-state index in [9.17, 15) is 0 Å². The van der Waals surface area contributed by atoms with Crippen molar-refractivity contribution in [2.75, 3.05) is 11.6 Å². The van der Waals surface area contributed by atoms with E-state index in [0.29, 0.717) is 5.41 Å². The van der Waals surface area contributed by atoms with Crippen molar-refractivity contribution in [3.05, 3.63) is 30.3 Å². The van der Waals surface area contributed by atoms with Gasteiger partial charge in [-0.05, 0) is 60.8 Å². The monoisotopic (exact) mass is 280 g/mol. The van der Waals surface area contributed by atoms with E-state index < -0.39 is 0 Å². The van der Waals surface area contributed by atoms with Crippen LogP contribution in [-0.2, 0) is 0 Å². The highest BCUT2D eigenvalue weighted by Crippen LogP contribution is 2.58. The smallest absolute Gasteiger partial charge is 0.0283 e. The van der Waals surface area contributed by atoms with Crippen molar-refractivity contribution in [3.63, 3.8) is 0 Å². The van der Waals surface area contributed by atoms with Gasteiger partial charge in [-0.25, -0.2) is 0 Å². The van der Waals surface area contributed by atoms with Crippen molar-refractivity contribution in [3.8, 4) is 0 Å². The lowest BCUT2D eigenvalue weighted by Gasteiger charge is -2.36. The van der Waals surface area contributed by atoms with Crippen LogP contribution in [0.15, 0.2) is 35.2 Å². The SMILES string of the molecule is ClCC1(CCSc2ccccc2)CC2CCC1C2. The zero-order valence-corrected chi connectivity index (χ0v) is 12.3. The van der Waals surface area contributed by atoms with Crippen molar-refractivity contribution in [1.82, 2.24) is 0 Å². The molecule has 3 unspecified atom stereocenters. The second kappa shape index (κ2) is 5.46. The van der Waals surface area contributed by atoms with Crippen molar-refractivity contribution >= 4 is 23.4 Å². The van der Waals surface area contributed by atoms with E-state index in [1.165, 1.54) is 42.8 Å². The molecule has 0 aromatic heterocycles. The van der Waals surface area contributed by atoms with Crippen molar-refractivity contribution in [2.45, 2.75) is 37.0 Å². The Morgan fingerprint density at radius 1 is 1.22 bits per heavy atom. The molecular weight excluding hydrogens is 260 g/mol. The van der Waals surface area contributed by atoms with Gasteiger partial charge in [0.25, 0.3) is 0 Å². The number of fused-ring (bicyclic) bond motifs is 2. The first-order valence-corrected chi connectivity index (χ1v) is 8.58. The van der Waals surface area contributed by atoms with Crippen LogP contribution in [-0.4, -0.2) is 11.6 Å². The van der Waals surface area contributed by atoms with Gasteiger partial charge in [-0.15, -0.1) is 23.4 Å². The lowest BCUT2D eigenvalue weighted by Crippen LogP contribution is -2.30. The second-order valence-corrected chi connectivity index (χ2v) is 7.42. The number of halogens is 1. The Hall–Kier alpha value is -0.140. The summed E-state index contributed by atoms with van der Waals surface area (Å²) in [5.74, 6) is 4.02. The molecule has 2 heteroatoms. The first kappa shape index (κ1) is 12.9. The summed E-state index contributed by atoms with van der Waals surface area (Å²) in [6, 6.07) is 10.7. The third-order valence-electron chi connectivity index (χ3n) is 4.98. The van der Waals surface area contributed by atoms with Crippen LogP contribution in [0.3, 0.4) is 0 Å². The largest absolute Gasteiger partial charge is 0.126 e. The molecule has 3 rings (SSSR count). The maximum absolute atomic E-state index is 6.33. The number of rotatable bonds is 5. The molecule has 2 fully saturated rings. The number of hydrogen-bond donors (Lipinski definition) is 0. The molecule has 98 valence electrons. The van der Waals surface area contributed by atoms with Crippen molar-refractivity contribution in [1.29, 1.82) is 0 Å². The highest BCUT2D eigenvalue weighted by Gasteiger charge is 2.49. The molecule has 0 nitrogen and oxygen atoms in total. The Bertz CT molecular complexity index is 391. The third-order valence-corrected chi connectivity index (χ3v) is 6.53. The van der Waals surface area contributed by atoms with Crippen LogP contribution < -0.4 is 0 Å². The summed E-state index contributed by atoms with van der Waals surface area (Å²) in [4.78, 5) is 1.39. The summed E-state index contributed by atoms with van der Waals surface area (Å²) >= 11 is 8.32. The third kappa shape index (κ3) is 2.44. The fraction of sp³-hybridized carbons (Fsp3) is 0.625. The second-order valence-electron chi connectivity index (χ2n) is 5.99. The fourth-order valence-corrected chi connectivity index (χ4v) is 5.54. The standard InChI is InChI=1S/C16H21ClS/c17-12-16(11-13-6-7-14(16)10-13)8-9-18-15-4-2-1-3-5-15/h1-5,13-14H,6-12H2. The van der Waals surface area contributed by atoms with Gasteiger partial charge < -0.3 is 0 Å². The zero-order valence-electron chi connectivity index (χ0n) is 10.8. The van der Waals surface area contributed by atoms with Gasteiger partial charge in [-0.2, -0.15) is 0 Å². The van der Waals surface area contributed by atoms with Gasteiger partial charge in [0.2, 0.25) is 0 Å². The van der Waals surface area contributed by atoms with Gasteiger partial charge in [0.1, 0.15) is 0 Å². The average Bonchev–Trinajstić information content (AvgIpc) is 3.01. The van der Waals surface area contributed by atoms with E-state index in [-0.39, 0.29) is 0 Å². The molecule has 1 aromatic rings. The molecule has 3 atom stereocenters. The van der Waals surface area contributed by atoms with Crippen molar-refractivity contribution < 1.29 is 0 Å². The summed E-state index contributed by atoms with van der Waals surface area (Å²) in [5.41, 5.74) is 0.478. The van der Waals surface area contributed by atoms with Crippen LogP contribution in [0.4, 0.5) is 0 Å². The maximum atomic E-state index is 6.33. The lowest BCUT2D eigenvalue weighted by molar-refractivity contribution is 0.188.